The second-order valence-corrected chi connectivity index (χ2v) is 5.00. The van der Waals surface area contributed by atoms with Crippen molar-refractivity contribution in [3.63, 3.8) is 0 Å². The Balaban J connectivity index is 1.79. The maximum atomic E-state index is 12.0. The number of hydrogen-bond acceptors (Lipinski definition) is 3. The summed E-state index contributed by atoms with van der Waals surface area (Å²) in [6.07, 6.45) is 3.60. The standard InChI is InChI=1S/C17H12N4O2/c22-17-16(13-5-2-1-3-6-13)21(19-23-17)15-9-7-14(8-10-15)20-12-4-11-18-20/h1-12H/p+1. The number of H-pyrrole nitrogens is 1. The zero-order valence-corrected chi connectivity index (χ0v) is 12.1. The van der Waals surface area contributed by atoms with Crippen molar-refractivity contribution in [2.24, 2.45) is 0 Å². The van der Waals surface area contributed by atoms with E-state index in [1.807, 2.05) is 66.9 Å². The molecule has 0 unspecified atom stereocenters. The van der Waals surface area contributed by atoms with Crippen molar-refractivity contribution in [3.05, 3.63) is 83.5 Å². The van der Waals surface area contributed by atoms with Crippen LogP contribution in [0.2, 0.25) is 0 Å². The van der Waals surface area contributed by atoms with Gasteiger partial charge in [0.1, 0.15) is 0 Å². The molecule has 0 spiro atoms. The SMILES string of the molecule is O=c1o[nH][n+](-c2ccc(-n3cccn3)cc2)c1-c1ccccc1. The molecule has 0 amide bonds. The van der Waals surface area contributed by atoms with Gasteiger partial charge in [-0.3, -0.25) is 4.52 Å². The quantitative estimate of drug-likeness (QED) is 0.589. The van der Waals surface area contributed by atoms with E-state index in [-0.39, 0.29) is 0 Å². The minimum Gasteiger partial charge on any atom is -0.282 e. The Morgan fingerprint density at radius 3 is 2.48 bits per heavy atom. The minimum absolute atomic E-state index is 0.410. The van der Waals surface area contributed by atoms with E-state index >= 15 is 0 Å². The normalized spacial score (nSPS) is 10.8. The summed E-state index contributed by atoms with van der Waals surface area (Å²) < 4.78 is 8.37. The monoisotopic (exact) mass is 305 g/mol. The average Bonchev–Trinajstić information content (AvgIpc) is 3.25. The van der Waals surface area contributed by atoms with Gasteiger partial charge in [-0.15, -0.1) is 0 Å². The Morgan fingerprint density at radius 1 is 1.00 bits per heavy atom. The van der Waals surface area contributed by atoms with E-state index < -0.39 is 5.63 Å². The molecule has 23 heavy (non-hydrogen) atoms. The van der Waals surface area contributed by atoms with Crippen molar-refractivity contribution in [3.8, 4) is 22.6 Å². The lowest BCUT2D eigenvalue weighted by Gasteiger charge is -2.00. The Labute approximate surface area is 131 Å². The summed E-state index contributed by atoms with van der Waals surface area (Å²) in [6.45, 7) is 0. The second-order valence-electron chi connectivity index (χ2n) is 5.00. The smallest absolute Gasteiger partial charge is 0.282 e. The number of benzene rings is 2. The first-order valence-electron chi connectivity index (χ1n) is 7.12. The van der Waals surface area contributed by atoms with Gasteiger partial charge < -0.3 is 0 Å². The molecule has 0 saturated carbocycles. The predicted octanol–water partition coefficient (Wildman–Crippen LogP) is 2.10. The minimum atomic E-state index is -0.410. The van der Waals surface area contributed by atoms with Gasteiger partial charge in [-0.05, 0) is 40.3 Å². The van der Waals surface area contributed by atoms with E-state index in [2.05, 4.69) is 10.4 Å². The van der Waals surface area contributed by atoms with Crippen molar-refractivity contribution >= 4 is 0 Å². The van der Waals surface area contributed by atoms with Gasteiger partial charge in [-0.25, -0.2) is 9.48 Å². The number of nitrogens with one attached hydrogen (secondary N) is 1. The summed E-state index contributed by atoms with van der Waals surface area (Å²) in [7, 11) is 0. The van der Waals surface area contributed by atoms with Gasteiger partial charge in [0, 0.05) is 24.5 Å². The van der Waals surface area contributed by atoms with Gasteiger partial charge in [-0.1, -0.05) is 18.2 Å². The third kappa shape index (κ3) is 2.36. The Kier molecular flexibility index (Phi) is 3.12. The van der Waals surface area contributed by atoms with E-state index in [4.69, 9.17) is 4.52 Å². The molecular weight excluding hydrogens is 292 g/mol. The van der Waals surface area contributed by atoms with Crippen molar-refractivity contribution in [2.75, 3.05) is 0 Å². The number of aromatic nitrogens is 4. The third-order valence-corrected chi connectivity index (χ3v) is 3.57. The van der Waals surface area contributed by atoms with Gasteiger partial charge in [0.05, 0.1) is 11.3 Å². The second kappa shape index (κ2) is 5.42. The highest BCUT2D eigenvalue weighted by Crippen LogP contribution is 2.14. The Morgan fingerprint density at radius 2 is 1.78 bits per heavy atom. The van der Waals surface area contributed by atoms with Crippen LogP contribution in [0.3, 0.4) is 0 Å². The fourth-order valence-corrected chi connectivity index (χ4v) is 2.47. The first-order chi connectivity index (χ1) is 11.3. The molecule has 0 aliphatic carbocycles. The molecule has 112 valence electrons. The number of rotatable bonds is 3. The molecule has 0 radical (unpaired) electrons. The average molecular weight is 305 g/mol. The van der Waals surface area contributed by atoms with E-state index in [1.54, 1.807) is 15.6 Å². The molecule has 6 nitrogen and oxygen atoms in total. The summed E-state index contributed by atoms with van der Waals surface area (Å²) in [4.78, 5) is 12.0. The first kappa shape index (κ1) is 13.3. The Bertz CT molecular complexity index is 968. The fourth-order valence-electron chi connectivity index (χ4n) is 2.47. The molecule has 0 fully saturated rings. The fraction of sp³-hybridized carbons (Fsp3) is 0. The lowest BCUT2D eigenvalue weighted by atomic mass is 10.1. The summed E-state index contributed by atoms with van der Waals surface area (Å²) in [5.74, 6) is 0. The highest BCUT2D eigenvalue weighted by Gasteiger charge is 2.24. The van der Waals surface area contributed by atoms with Crippen LogP contribution in [0.1, 0.15) is 0 Å². The zero-order chi connectivity index (χ0) is 15.6. The molecule has 1 N–H and O–H groups in total. The predicted molar refractivity (Wildman–Crippen MR) is 83.4 cm³/mol. The molecule has 0 aliphatic rings. The van der Waals surface area contributed by atoms with Crippen LogP contribution in [-0.2, 0) is 0 Å². The number of aromatic amines is 1. The molecule has 0 bridgehead atoms. The first-order valence-corrected chi connectivity index (χ1v) is 7.12. The van der Waals surface area contributed by atoms with E-state index in [9.17, 15) is 4.79 Å². The van der Waals surface area contributed by atoms with E-state index in [1.165, 1.54) is 0 Å². The van der Waals surface area contributed by atoms with E-state index in [0.29, 0.717) is 5.69 Å². The third-order valence-electron chi connectivity index (χ3n) is 3.57. The Hall–Kier alpha value is -3.41. The van der Waals surface area contributed by atoms with E-state index in [0.717, 1.165) is 16.9 Å². The van der Waals surface area contributed by atoms with Gasteiger partial charge in [-0.2, -0.15) is 5.10 Å². The largest absolute Gasteiger partial charge is 0.435 e. The van der Waals surface area contributed by atoms with Crippen molar-refractivity contribution < 1.29 is 9.20 Å². The molecule has 6 heteroatoms. The lowest BCUT2D eigenvalue weighted by Crippen LogP contribution is -2.36. The van der Waals surface area contributed by atoms with Gasteiger partial charge in [0.2, 0.25) is 5.69 Å². The maximum Gasteiger partial charge on any atom is 0.435 e. The number of nitrogens with zero attached hydrogens (tertiary/aromatic N) is 3. The summed E-state index contributed by atoms with van der Waals surface area (Å²) in [5, 5.41) is 6.84. The molecular formula is C17H13N4O2+. The van der Waals surface area contributed by atoms with Crippen LogP contribution in [0.4, 0.5) is 0 Å². The highest BCUT2D eigenvalue weighted by atomic mass is 16.5. The lowest BCUT2D eigenvalue weighted by molar-refractivity contribution is -0.660. The van der Waals surface area contributed by atoms with Crippen LogP contribution >= 0.6 is 0 Å². The van der Waals surface area contributed by atoms with Crippen molar-refractivity contribution in [2.45, 2.75) is 0 Å². The summed E-state index contributed by atoms with van der Waals surface area (Å²) in [6, 6.07) is 18.9. The summed E-state index contributed by atoms with van der Waals surface area (Å²) in [5.41, 5.74) is 2.57. The highest BCUT2D eigenvalue weighted by molar-refractivity contribution is 5.55. The molecule has 0 saturated heterocycles. The molecule has 2 aromatic heterocycles. The van der Waals surface area contributed by atoms with Gasteiger partial charge in [0.15, 0.2) is 0 Å². The zero-order valence-electron chi connectivity index (χ0n) is 12.1. The van der Waals surface area contributed by atoms with Crippen LogP contribution in [0.15, 0.2) is 82.4 Å². The van der Waals surface area contributed by atoms with Crippen molar-refractivity contribution in [1.29, 1.82) is 0 Å². The van der Waals surface area contributed by atoms with Crippen LogP contribution in [-0.4, -0.2) is 15.1 Å². The topological polar surface area (TPSA) is 67.7 Å². The molecule has 4 aromatic rings. The van der Waals surface area contributed by atoms with Crippen molar-refractivity contribution in [1.82, 2.24) is 15.1 Å². The van der Waals surface area contributed by atoms with Gasteiger partial charge >= 0.3 is 11.3 Å². The van der Waals surface area contributed by atoms with Crippen LogP contribution in [0.5, 0.6) is 0 Å². The molecule has 2 heterocycles. The molecule has 2 aromatic carbocycles. The van der Waals surface area contributed by atoms with Crippen LogP contribution in [0.25, 0.3) is 22.6 Å². The summed E-state index contributed by atoms with van der Waals surface area (Å²) >= 11 is 0. The van der Waals surface area contributed by atoms with Crippen LogP contribution < -0.4 is 10.3 Å². The molecule has 0 aliphatic heterocycles. The van der Waals surface area contributed by atoms with Crippen LogP contribution in [0, 0.1) is 0 Å². The number of hydrogen-bond donors (Lipinski definition) is 1. The van der Waals surface area contributed by atoms with Gasteiger partial charge in [0.25, 0.3) is 0 Å². The maximum absolute atomic E-state index is 12.0. The molecule has 0 atom stereocenters. The molecule has 4 rings (SSSR count).